The lowest BCUT2D eigenvalue weighted by atomic mass is 10.1. The predicted octanol–water partition coefficient (Wildman–Crippen LogP) is 3.48. The van der Waals surface area contributed by atoms with Crippen molar-refractivity contribution in [2.75, 3.05) is 6.61 Å². The first-order valence-corrected chi connectivity index (χ1v) is 7.45. The van der Waals surface area contributed by atoms with Crippen molar-refractivity contribution in [3.63, 3.8) is 0 Å². The van der Waals surface area contributed by atoms with Crippen LogP contribution in [0.4, 0.5) is 0 Å². The van der Waals surface area contributed by atoms with Gasteiger partial charge >= 0.3 is 0 Å². The van der Waals surface area contributed by atoms with E-state index < -0.39 is 6.04 Å². The molecule has 1 unspecified atom stereocenters. The summed E-state index contributed by atoms with van der Waals surface area (Å²) >= 11 is 7.29. The average Bonchev–Trinajstić information content (AvgIpc) is 2.77. The van der Waals surface area contributed by atoms with E-state index in [9.17, 15) is 9.90 Å². The summed E-state index contributed by atoms with van der Waals surface area (Å²) < 4.78 is 0. The third kappa shape index (κ3) is 3.39. The predicted molar refractivity (Wildman–Crippen MR) is 82.5 cm³/mol. The van der Waals surface area contributed by atoms with Crippen molar-refractivity contribution in [1.29, 1.82) is 0 Å². The van der Waals surface area contributed by atoms with Gasteiger partial charge in [-0.2, -0.15) is 0 Å². The van der Waals surface area contributed by atoms with E-state index in [0.717, 1.165) is 16.0 Å². The highest BCUT2D eigenvalue weighted by Gasteiger charge is 2.16. The van der Waals surface area contributed by atoms with E-state index in [0.29, 0.717) is 9.90 Å². The molecule has 0 saturated carbocycles. The highest BCUT2D eigenvalue weighted by Crippen LogP contribution is 2.22. The van der Waals surface area contributed by atoms with Crippen LogP contribution in [-0.4, -0.2) is 17.6 Å². The monoisotopic (exact) mass is 309 g/mol. The molecule has 1 amide bonds. The molecule has 0 spiro atoms. The summed E-state index contributed by atoms with van der Waals surface area (Å²) in [5.41, 5.74) is 1.93. The van der Waals surface area contributed by atoms with Gasteiger partial charge in [-0.1, -0.05) is 23.7 Å². The summed E-state index contributed by atoms with van der Waals surface area (Å²) in [6.07, 6.45) is 0. The minimum Gasteiger partial charge on any atom is -0.394 e. The molecule has 2 rings (SSSR count). The van der Waals surface area contributed by atoms with Crippen LogP contribution in [0.5, 0.6) is 0 Å². The van der Waals surface area contributed by atoms with Crippen LogP contribution in [0.3, 0.4) is 0 Å². The number of rotatable bonds is 4. The van der Waals surface area contributed by atoms with Gasteiger partial charge in [0, 0.05) is 9.90 Å². The van der Waals surface area contributed by atoms with Crippen LogP contribution >= 0.6 is 22.9 Å². The smallest absolute Gasteiger partial charge is 0.261 e. The molecule has 0 aliphatic heterocycles. The van der Waals surface area contributed by atoms with Gasteiger partial charge in [-0.25, -0.2) is 0 Å². The number of carbonyl (C=O) groups is 1. The first kappa shape index (κ1) is 15.0. The van der Waals surface area contributed by atoms with Gasteiger partial charge in [-0.3, -0.25) is 4.79 Å². The van der Waals surface area contributed by atoms with Crippen LogP contribution in [0.25, 0.3) is 0 Å². The normalized spacial score (nSPS) is 12.2. The van der Waals surface area contributed by atoms with E-state index in [4.69, 9.17) is 11.6 Å². The van der Waals surface area contributed by atoms with Crippen LogP contribution in [0.1, 0.15) is 31.7 Å². The largest absolute Gasteiger partial charge is 0.394 e. The van der Waals surface area contributed by atoms with Gasteiger partial charge in [0.05, 0.1) is 17.5 Å². The average molecular weight is 310 g/mol. The molecule has 2 aromatic rings. The number of amides is 1. The summed E-state index contributed by atoms with van der Waals surface area (Å²) in [6, 6.07) is 8.52. The van der Waals surface area contributed by atoms with Crippen molar-refractivity contribution in [3.8, 4) is 0 Å². The van der Waals surface area contributed by atoms with E-state index >= 15 is 0 Å². The highest BCUT2D eigenvalue weighted by molar-refractivity contribution is 7.14. The Labute approximate surface area is 127 Å². The Bertz CT molecular complexity index is 587. The molecule has 1 aromatic carbocycles. The number of halogens is 1. The van der Waals surface area contributed by atoms with Gasteiger partial charge in [0.1, 0.15) is 0 Å². The maximum absolute atomic E-state index is 12.2. The Balaban J connectivity index is 2.13. The van der Waals surface area contributed by atoms with Gasteiger partial charge in [-0.05, 0) is 43.2 Å². The van der Waals surface area contributed by atoms with Crippen LogP contribution in [0.15, 0.2) is 30.3 Å². The third-order valence-corrected chi connectivity index (χ3v) is 4.55. The number of carbonyl (C=O) groups excluding carboxylic acids is 1. The number of benzene rings is 1. The molecule has 3 nitrogen and oxygen atoms in total. The number of aliphatic hydroxyl groups is 1. The third-order valence-electron chi connectivity index (χ3n) is 3.15. The summed E-state index contributed by atoms with van der Waals surface area (Å²) in [4.78, 5) is 14.0. The lowest BCUT2D eigenvalue weighted by molar-refractivity contribution is 0.0920. The summed E-state index contributed by atoms with van der Waals surface area (Å²) in [7, 11) is 0. The van der Waals surface area contributed by atoms with Crippen molar-refractivity contribution >= 4 is 28.8 Å². The lowest BCUT2D eigenvalue weighted by Crippen LogP contribution is -2.30. The molecule has 0 fully saturated rings. The summed E-state index contributed by atoms with van der Waals surface area (Å²) in [5, 5.41) is 12.9. The van der Waals surface area contributed by atoms with Crippen molar-refractivity contribution in [3.05, 3.63) is 56.2 Å². The first-order valence-electron chi connectivity index (χ1n) is 6.25. The minimum atomic E-state index is -0.428. The maximum atomic E-state index is 12.2. The molecule has 2 N–H and O–H groups in total. The number of nitrogens with one attached hydrogen (secondary N) is 1. The lowest BCUT2D eigenvalue weighted by Gasteiger charge is -2.16. The zero-order chi connectivity index (χ0) is 14.7. The number of hydrogen-bond donors (Lipinski definition) is 2. The van der Waals surface area contributed by atoms with Crippen molar-refractivity contribution in [1.82, 2.24) is 5.32 Å². The van der Waals surface area contributed by atoms with Gasteiger partial charge < -0.3 is 10.4 Å². The quantitative estimate of drug-likeness (QED) is 0.908. The van der Waals surface area contributed by atoms with Crippen molar-refractivity contribution in [2.24, 2.45) is 0 Å². The minimum absolute atomic E-state index is 0.156. The zero-order valence-corrected chi connectivity index (χ0v) is 12.9. The van der Waals surface area contributed by atoms with Crippen LogP contribution in [0.2, 0.25) is 5.02 Å². The fourth-order valence-electron chi connectivity index (χ4n) is 1.84. The van der Waals surface area contributed by atoms with Gasteiger partial charge in [-0.15, -0.1) is 11.3 Å². The summed E-state index contributed by atoms with van der Waals surface area (Å²) in [6.45, 7) is 3.81. The van der Waals surface area contributed by atoms with Gasteiger partial charge in [0.2, 0.25) is 0 Å². The molecule has 0 saturated heterocycles. The van der Waals surface area contributed by atoms with E-state index in [1.165, 1.54) is 11.3 Å². The standard InChI is InChI=1S/C15H16ClNO2S/c1-9-7-14(20-10(9)2)15(19)17-13(8-18)11-3-5-12(16)6-4-11/h3-7,13,18H,8H2,1-2H3,(H,17,19). The zero-order valence-electron chi connectivity index (χ0n) is 11.3. The van der Waals surface area contributed by atoms with E-state index in [1.807, 2.05) is 19.9 Å². The fourth-order valence-corrected chi connectivity index (χ4v) is 2.91. The molecule has 1 heterocycles. The van der Waals surface area contributed by atoms with Crippen molar-refractivity contribution < 1.29 is 9.90 Å². The van der Waals surface area contributed by atoms with Gasteiger partial charge in [0.25, 0.3) is 5.91 Å². The van der Waals surface area contributed by atoms with Gasteiger partial charge in [0.15, 0.2) is 0 Å². The molecule has 1 aromatic heterocycles. The van der Waals surface area contributed by atoms with Crippen LogP contribution in [0, 0.1) is 13.8 Å². The van der Waals surface area contributed by atoms with Crippen LogP contribution in [-0.2, 0) is 0 Å². The fraction of sp³-hybridized carbons (Fsp3) is 0.267. The Morgan fingerprint density at radius 3 is 2.50 bits per heavy atom. The molecule has 5 heteroatoms. The molecule has 0 radical (unpaired) electrons. The second-order valence-electron chi connectivity index (χ2n) is 4.61. The molecule has 106 valence electrons. The SMILES string of the molecule is Cc1cc(C(=O)NC(CO)c2ccc(Cl)cc2)sc1C. The topological polar surface area (TPSA) is 49.3 Å². The van der Waals surface area contributed by atoms with E-state index in [-0.39, 0.29) is 12.5 Å². The second kappa shape index (κ2) is 6.39. The molecule has 20 heavy (non-hydrogen) atoms. The Hall–Kier alpha value is -1.36. The van der Waals surface area contributed by atoms with E-state index in [2.05, 4.69) is 5.32 Å². The molecule has 0 bridgehead atoms. The molecular weight excluding hydrogens is 294 g/mol. The molecular formula is C15H16ClNO2S. The maximum Gasteiger partial charge on any atom is 0.261 e. The van der Waals surface area contributed by atoms with Crippen molar-refractivity contribution in [2.45, 2.75) is 19.9 Å². The Morgan fingerprint density at radius 1 is 1.35 bits per heavy atom. The highest BCUT2D eigenvalue weighted by atomic mass is 35.5. The molecule has 0 aliphatic rings. The summed E-state index contributed by atoms with van der Waals surface area (Å²) in [5.74, 6) is -0.166. The Morgan fingerprint density at radius 2 is 2.00 bits per heavy atom. The number of hydrogen-bond acceptors (Lipinski definition) is 3. The number of thiophene rings is 1. The van der Waals surface area contributed by atoms with E-state index in [1.54, 1.807) is 24.3 Å². The molecule has 0 aliphatic carbocycles. The number of aliphatic hydroxyl groups excluding tert-OH is 1. The first-order chi connectivity index (χ1) is 9.51. The number of aryl methyl sites for hydroxylation is 2. The van der Waals surface area contributed by atoms with Crippen LogP contribution < -0.4 is 5.32 Å². The second-order valence-corrected chi connectivity index (χ2v) is 6.30. The molecule has 1 atom stereocenters. The Kier molecular flexibility index (Phi) is 4.81.